The van der Waals surface area contributed by atoms with E-state index in [0.29, 0.717) is 11.0 Å². The predicted octanol–water partition coefficient (Wildman–Crippen LogP) is 1.69. The lowest BCUT2D eigenvalue weighted by Gasteiger charge is -1.95. The highest BCUT2D eigenvalue weighted by Crippen LogP contribution is 2.12. The number of nitrogens with zero attached hydrogens (tertiary/aromatic N) is 2. The molecule has 0 saturated heterocycles. The van der Waals surface area contributed by atoms with E-state index in [0.717, 1.165) is 0 Å². The number of rotatable bonds is 2. The topological polar surface area (TPSA) is 68.0 Å². The van der Waals surface area contributed by atoms with Gasteiger partial charge in [-0.25, -0.2) is 9.97 Å². The number of aromatic nitrogens is 2. The molecule has 5 nitrogen and oxygen atoms in total. The number of thiazole rings is 1. The van der Waals surface area contributed by atoms with Crippen LogP contribution in [-0.2, 0) is 0 Å². The smallest absolute Gasteiger partial charge is 0.294 e. The van der Waals surface area contributed by atoms with Crippen molar-refractivity contribution in [2.45, 2.75) is 6.92 Å². The highest BCUT2D eigenvalue weighted by atomic mass is 32.1. The van der Waals surface area contributed by atoms with E-state index < -0.39 is 0 Å². The molecule has 0 aromatic carbocycles. The molecule has 0 aliphatic carbocycles. The summed E-state index contributed by atoms with van der Waals surface area (Å²) >= 11 is 1.35. The third-order valence-corrected chi connectivity index (χ3v) is 2.19. The van der Waals surface area contributed by atoms with E-state index in [1.807, 2.05) is 0 Å². The highest BCUT2D eigenvalue weighted by Gasteiger charge is 2.11. The van der Waals surface area contributed by atoms with Crippen LogP contribution < -0.4 is 5.32 Å². The van der Waals surface area contributed by atoms with Gasteiger partial charge in [-0.15, -0.1) is 11.3 Å². The normalized spacial score (nSPS) is 10.1. The molecule has 72 valence electrons. The SMILES string of the molecule is Cc1ncc(C(=O)Nc2nccs2)o1. The van der Waals surface area contributed by atoms with Gasteiger partial charge >= 0.3 is 0 Å². The summed E-state index contributed by atoms with van der Waals surface area (Å²) in [5.74, 6) is 0.326. The number of carbonyl (C=O) groups is 1. The van der Waals surface area contributed by atoms with Crippen molar-refractivity contribution in [3.05, 3.63) is 29.4 Å². The molecule has 0 aliphatic heterocycles. The number of oxazole rings is 1. The number of anilines is 1. The number of nitrogens with one attached hydrogen (secondary N) is 1. The first-order valence-electron chi connectivity index (χ1n) is 3.89. The van der Waals surface area contributed by atoms with E-state index >= 15 is 0 Å². The average molecular weight is 209 g/mol. The maximum absolute atomic E-state index is 11.4. The molecule has 0 aliphatic rings. The van der Waals surface area contributed by atoms with E-state index in [-0.39, 0.29) is 11.7 Å². The molecule has 1 N–H and O–H groups in total. The quantitative estimate of drug-likeness (QED) is 0.817. The Bertz CT molecular complexity index is 435. The van der Waals surface area contributed by atoms with Crippen molar-refractivity contribution in [1.82, 2.24) is 9.97 Å². The van der Waals surface area contributed by atoms with Gasteiger partial charge in [0.15, 0.2) is 11.0 Å². The zero-order valence-corrected chi connectivity index (χ0v) is 8.17. The Morgan fingerprint density at radius 1 is 1.57 bits per heavy atom. The molecular weight excluding hydrogens is 202 g/mol. The summed E-state index contributed by atoms with van der Waals surface area (Å²) < 4.78 is 5.05. The summed E-state index contributed by atoms with van der Waals surface area (Å²) in [4.78, 5) is 19.2. The lowest BCUT2D eigenvalue weighted by atomic mass is 10.5. The van der Waals surface area contributed by atoms with Gasteiger partial charge in [0.2, 0.25) is 5.76 Å². The van der Waals surface area contributed by atoms with Crippen molar-refractivity contribution < 1.29 is 9.21 Å². The average Bonchev–Trinajstić information content (AvgIpc) is 2.75. The van der Waals surface area contributed by atoms with Crippen LogP contribution in [0, 0.1) is 6.92 Å². The van der Waals surface area contributed by atoms with E-state index in [1.165, 1.54) is 17.5 Å². The molecule has 2 aromatic heterocycles. The van der Waals surface area contributed by atoms with E-state index in [1.54, 1.807) is 18.5 Å². The number of aryl methyl sites for hydroxylation is 1. The molecule has 14 heavy (non-hydrogen) atoms. The number of hydrogen-bond donors (Lipinski definition) is 1. The van der Waals surface area contributed by atoms with Crippen LogP contribution >= 0.6 is 11.3 Å². The van der Waals surface area contributed by atoms with Gasteiger partial charge in [-0.3, -0.25) is 10.1 Å². The fraction of sp³-hybridized carbons (Fsp3) is 0.125. The van der Waals surface area contributed by atoms with Gasteiger partial charge in [-0.05, 0) is 0 Å². The summed E-state index contributed by atoms with van der Waals surface area (Å²) in [6.07, 6.45) is 3.00. The highest BCUT2D eigenvalue weighted by molar-refractivity contribution is 7.13. The molecule has 0 bridgehead atoms. The number of amides is 1. The minimum Gasteiger partial charge on any atom is -0.436 e. The van der Waals surface area contributed by atoms with Crippen LogP contribution in [0.5, 0.6) is 0 Å². The van der Waals surface area contributed by atoms with Gasteiger partial charge in [0.05, 0.1) is 6.20 Å². The van der Waals surface area contributed by atoms with Gasteiger partial charge in [-0.1, -0.05) is 0 Å². The first-order valence-corrected chi connectivity index (χ1v) is 4.77. The first-order chi connectivity index (χ1) is 6.75. The van der Waals surface area contributed by atoms with Gasteiger partial charge in [-0.2, -0.15) is 0 Å². The Morgan fingerprint density at radius 3 is 3.00 bits per heavy atom. The standard InChI is InChI=1S/C8H7N3O2S/c1-5-10-4-6(13-5)7(12)11-8-9-2-3-14-8/h2-4H,1H3,(H,9,11,12). The van der Waals surface area contributed by atoms with Crippen molar-refractivity contribution >= 4 is 22.4 Å². The molecule has 0 fully saturated rings. The lowest BCUT2D eigenvalue weighted by molar-refractivity contribution is 0.0995. The van der Waals surface area contributed by atoms with Crippen LogP contribution in [0.15, 0.2) is 22.2 Å². The minimum absolute atomic E-state index is 0.192. The lowest BCUT2D eigenvalue weighted by Crippen LogP contribution is -2.10. The molecule has 2 heterocycles. The van der Waals surface area contributed by atoms with Crippen molar-refractivity contribution in [3.63, 3.8) is 0 Å². The predicted molar refractivity (Wildman–Crippen MR) is 51.3 cm³/mol. The summed E-state index contributed by atoms with van der Waals surface area (Å²) in [6, 6.07) is 0. The summed E-state index contributed by atoms with van der Waals surface area (Å²) in [5.41, 5.74) is 0. The number of hydrogen-bond acceptors (Lipinski definition) is 5. The second-order valence-electron chi connectivity index (χ2n) is 2.53. The van der Waals surface area contributed by atoms with Crippen LogP contribution in [0.1, 0.15) is 16.4 Å². The Morgan fingerprint density at radius 2 is 2.43 bits per heavy atom. The fourth-order valence-electron chi connectivity index (χ4n) is 0.910. The largest absolute Gasteiger partial charge is 0.436 e. The molecule has 0 spiro atoms. The van der Waals surface area contributed by atoms with Crippen LogP contribution in [0.25, 0.3) is 0 Å². The zero-order chi connectivity index (χ0) is 9.97. The van der Waals surface area contributed by atoms with Crippen molar-refractivity contribution in [3.8, 4) is 0 Å². The molecule has 0 unspecified atom stereocenters. The summed E-state index contributed by atoms with van der Waals surface area (Å²) in [6.45, 7) is 1.68. The van der Waals surface area contributed by atoms with Crippen LogP contribution in [0.2, 0.25) is 0 Å². The third-order valence-electron chi connectivity index (χ3n) is 1.50. The monoisotopic (exact) mass is 209 g/mol. The van der Waals surface area contributed by atoms with E-state index in [2.05, 4.69) is 15.3 Å². The van der Waals surface area contributed by atoms with Crippen molar-refractivity contribution in [2.24, 2.45) is 0 Å². The van der Waals surface area contributed by atoms with Gasteiger partial charge in [0, 0.05) is 18.5 Å². The third kappa shape index (κ3) is 1.80. The molecule has 2 aromatic rings. The van der Waals surface area contributed by atoms with Crippen molar-refractivity contribution in [1.29, 1.82) is 0 Å². The van der Waals surface area contributed by atoms with Crippen LogP contribution in [-0.4, -0.2) is 15.9 Å². The zero-order valence-electron chi connectivity index (χ0n) is 7.35. The molecule has 0 saturated carbocycles. The Hall–Kier alpha value is -1.69. The molecule has 2 rings (SSSR count). The fourth-order valence-corrected chi connectivity index (χ4v) is 1.43. The molecule has 1 amide bonds. The second kappa shape index (κ2) is 3.59. The van der Waals surface area contributed by atoms with E-state index in [4.69, 9.17) is 4.42 Å². The maximum Gasteiger partial charge on any atom is 0.294 e. The molecule has 0 radical (unpaired) electrons. The Labute approximate surface area is 83.8 Å². The van der Waals surface area contributed by atoms with Crippen LogP contribution in [0.3, 0.4) is 0 Å². The molecule has 6 heteroatoms. The van der Waals surface area contributed by atoms with E-state index in [9.17, 15) is 4.79 Å². The molecular formula is C8H7N3O2S. The number of carbonyl (C=O) groups excluding carboxylic acids is 1. The summed E-state index contributed by atoms with van der Waals surface area (Å²) in [7, 11) is 0. The van der Waals surface area contributed by atoms with Crippen molar-refractivity contribution in [2.75, 3.05) is 5.32 Å². The molecule has 0 atom stereocenters. The first kappa shape index (κ1) is 8.89. The Balaban J connectivity index is 2.10. The van der Waals surface area contributed by atoms with Gasteiger partial charge in [0.25, 0.3) is 5.91 Å². The van der Waals surface area contributed by atoms with Gasteiger partial charge < -0.3 is 4.42 Å². The summed E-state index contributed by atoms with van der Waals surface area (Å²) in [5, 5.41) is 4.91. The van der Waals surface area contributed by atoms with Gasteiger partial charge in [0.1, 0.15) is 0 Å². The Kier molecular flexibility index (Phi) is 2.28. The minimum atomic E-state index is -0.333. The second-order valence-corrected chi connectivity index (χ2v) is 3.43. The van der Waals surface area contributed by atoms with Crippen LogP contribution in [0.4, 0.5) is 5.13 Å². The maximum atomic E-state index is 11.4.